The molecule has 3 unspecified atom stereocenters. The van der Waals surface area contributed by atoms with Crippen molar-refractivity contribution in [2.45, 2.75) is 6.42 Å². The molecule has 0 amide bonds. The van der Waals surface area contributed by atoms with Crippen LogP contribution in [0.3, 0.4) is 0 Å². The summed E-state index contributed by atoms with van der Waals surface area (Å²) in [4.78, 5) is 0. The maximum absolute atomic E-state index is 11.5. The highest BCUT2D eigenvalue weighted by Gasteiger charge is 2.37. The summed E-state index contributed by atoms with van der Waals surface area (Å²) in [6.45, 7) is 3.36. The van der Waals surface area contributed by atoms with Gasteiger partial charge in [-0.2, -0.15) is 0 Å². The molecule has 2 rings (SSSR count). The zero-order chi connectivity index (χ0) is 11.6. The molecule has 6 heteroatoms. The van der Waals surface area contributed by atoms with E-state index in [2.05, 4.69) is 10.0 Å². The fourth-order valence-electron chi connectivity index (χ4n) is 2.74. The molecular weight excluding hydrogens is 228 g/mol. The fourth-order valence-corrected chi connectivity index (χ4v) is 3.84. The lowest BCUT2D eigenvalue weighted by Gasteiger charge is -2.23. The molecule has 2 saturated heterocycles. The van der Waals surface area contributed by atoms with Crippen molar-refractivity contribution >= 4 is 10.0 Å². The molecule has 2 aliphatic rings. The van der Waals surface area contributed by atoms with E-state index >= 15 is 0 Å². The first-order valence-corrected chi connectivity index (χ1v) is 7.47. The van der Waals surface area contributed by atoms with Crippen LogP contribution < -0.4 is 10.0 Å². The van der Waals surface area contributed by atoms with Gasteiger partial charge in [-0.1, -0.05) is 0 Å². The zero-order valence-corrected chi connectivity index (χ0v) is 10.4. The summed E-state index contributed by atoms with van der Waals surface area (Å²) in [6, 6.07) is 0. The molecule has 0 aromatic rings. The van der Waals surface area contributed by atoms with Crippen LogP contribution in [0.4, 0.5) is 0 Å². The van der Waals surface area contributed by atoms with Crippen molar-refractivity contribution < 1.29 is 13.2 Å². The van der Waals surface area contributed by atoms with Crippen molar-refractivity contribution in [2.24, 2.45) is 17.8 Å². The van der Waals surface area contributed by atoms with Gasteiger partial charge in [0.1, 0.15) is 0 Å². The highest BCUT2D eigenvalue weighted by atomic mass is 32.2. The average molecular weight is 248 g/mol. The van der Waals surface area contributed by atoms with Crippen molar-refractivity contribution in [3.63, 3.8) is 0 Å². The Balaban J connectivity index is 1.97. The van der Waals surface area contributed by atoms with E-state index in [1.807, 2.05) is 0 Å². The average Bonchev–Trinajstić information content (AvgIpc) is 2.86. The van der Waals surface area contributed by atoms with E-state index in [0.29, 0.717) is 11.8 Å². The van der Waals surface area contributed by atoms with Crippen molar-refractivity contribution in [2.75, 3.05) is 39.1 Å². The van der Waals surface area contributed by atoms with Gasteiger partial charge in [-0.25, -0.2) is 13.1 Å². The highest BCUT2D eigenvalue weighted by molar-refractivity contribution is 7.89. The number of ether oxygens (including phenoxy) is 1. The van der Waals surface area contributed by atoms with Crippen LogP contribution in [0.2, 0.25) is 0 Å². The molecule has 94 valence electrons. The molecular formula is C10H20N2O3S. The minimum atomic E-state index is -3.10. The van der Waals surface area contributed by atoms with E-state index in [4.69, 9.17) is 4.74 Å². The second-order valence-electron chi connectivity index (χ2n) is 4.69. The molecule has 0 saturated carbocycles. The number of hydrogen-bond acceptors (Lipinski definition) is 4. The summed E-state index contributed by atoms with van der Waals surface area (Å²) in [5.74, 6) is 1.44. The molecule has 5 nitrogen and oxygen atoms in total. The van der Waals surface area contributed by atoms with E-state index in [1.54, 1.807) is 0 Å². The normalized spacial score (nSPS) is 35.7. The molecule has 2 fully saturated rings. The summed E-state index contributed by atoms with van der Waals surface area (Å²) in [6.07, 6.45) is 1.07. The molecule has 0 aliphatic carbocycles. The number of hydrogen-bond donors (Lipinski definition) is 2. The van der Waals surface area contributed by atoms with Crippen LogP contribution in [0, 0.1) is 17.8 Å². The van der Waals surface area contributed by atoms with Crippen molar-refractivity contribution in [3.05, 3.63) is 0 Å². The first-order chi connectivity index (χ1) is 7.62. The van der Waals surface area contributed by atoms with Crippen LogP contribution in [-0.2, 0) is 14.8 Å². The van der Waals surface area contributed by atoms with Gasteiger partial charge in [0.25, 0.3) is 0 Å². The van der Waals surface area contributed by atoms with Crippen LogP contribution in [0.5, 0.6) is 0 Å². The standard InChI is InChI=1S/C10H20N2O3S/c1-11-16(13,14)7-9-4-12-5-10(9)8-2-3-15-6-8/h8-12H,2-7H2,1H3. The SMILES string of the molecule is CNS(=O)(=O)CC1CNCC1C1CCOC1. The molecule has 2 N–H and O–H groups in total. The van der Waals surface area contributed by atoms with E-state index in [0.717, 1.165) is 32.7 Å². The molecule has 0 bridgehead atoms. The smallest absolute Gasteiger partial charge is 0.211 e. The first kappa shape index (κ1) is 12.3. The molecule has 2 aliphatic heterocycles. The monoisotopic (exact) mass is 248 g/mol. The Labute approximate surface area is 97.0 Å². The Morgan fingerprint density at radius 3 is 2.88 bits per heavy atom. The Kier molecular flexibility index (Phi) is 3.84. The third-order valence-electron chi connectivity index (χ3n) is 3.71. The van der Waals surface area contributed by atoms with Crippen molar-refractivity contribution in [3.8, 4) is 0 Å². The molecule has 0 aromatic heterocycles. The largest absolute Gasteiger partial charge is 0.381 e. The Morgan fingerprint density at radius 2 is 2.25 bits per heavy atom. The van der Waals surface area contributed by atoms with Crippen LogP contribution >= 0.6 is 0 Å². The number of sulfonamides is 1. The molecule has 16 heavy (non-hydrogen) atoms. The lowest BCUT2D eigenvalue weighted by molar-refractivity contribution is 0.167. The van der Waals surface area contributed by atoms with E-state index in [9.17, 15) is 8.42 Å². The molecule has 2 heterocycles. The fraction of sp³-hybridized carbons (Fsp3) is 1.00. The predicted octanol–water partition coefficient (Wildman–Crippen LogP) is -0.592. The zero-order valence-electron chi connectivity index (χ0n) is 9.61. The second kappa shape index (κ2) is 5.00. The van der Waals surface area contributed by atoms with Gasteiger partial charge in [0.2, 0.25) is 10.0 Å². The summed E-state index contributed by atoms with van der Waals surface area (Å²) in [5.41, 5.74) is 0. The topological polar surface area (TPSA) is 67.4 Å². The Bertz CT molecular complexity index is 325. The van der Waals surface area contributed by atoms with E-state index < -0.39 is 10.0 Å². The Morgan fingerprint density at radius 1 is 1.44 bits per heavy atom. The maximum Gasteiger partial charge on any atom is 0.211 e. The summed E-state index contributed by atoms with van der Waals surface area (Å²) in [7, 11) is -1.62. The summed E-state index contributed by atoms with van der Waals surface area (Å²) < 4.78 is 30.9. The highest BCUT2D eigenvalue weighted by Crippen LogP contribution is 2.31. The van der Waals surface area contributed by atoms with Crippen molar-refractivity contribution in [1.82, 2.24) is 10.0 Å². The lowest BCUT2D eigenvalue weighted by atomic mass is 9.84. The van der Waals surface area contributed by atoms with Gasteiger partial charge < -0.3 is 10.1 Å². The quantitative estimate of drug-likeness (QED) is 0.698. The number of rotatable bonds is 4. The van der Waals surface area contributed by atoms with Gasteiger partial charge >= 0.3 is 0 Å². The van der Waals surface area contributed by atoms with Gasteiger partial charge in [0, 0.05) is 13.2 Å². The molecule has 0 radical (unpaired) electrons. The predicted molar refractivity (Wildman–Crippen MR) is 61.6 cm³/mol. The minimum Gasteiger partial charge on any atom is -0.381 e. The molecule has 0 spiro atoms. The maximum atomic E-state index is 11.5. The van der Waals surface area contributed by atoms with Crippen LogP contribution in [-0.4, -0.2) is 47.5 Å². The van der Waals surface area contributed by atoms with Gasteiger partial charge in [0.15, 0.2) is 0 Å². The van der Waals surface area contributed by atoms with E-state index in [1.165, 1.54) is 7.05 Å². The van der Waals surface area contributed by atoms with Gasteiger partial charge in [-0.05, 0) is 44.3 Å². The van der Waals surface area contributed by atoms with Crippen LogP contribution in [0.1, 0.15) is 6.42 Å². The lowest BCUT2D eigenvalue weighted by Crippen LogP contribution is -2.32. The van der Waals surface area contributed by atoms with Gasteiger partial charge in [-0.3, -0.25) is 0 Å². The van der Waals surface area contributed by atoms with Crippen molar-refractivity contribution in [1.29, 1.82) is 0 Å². The third kappa shape index (κ3) is 2.74. The third-order valence-corrected chi connectivity index (χ3v) is 5.20. The van der Waals surface area contributed by atoms with Crippen LogP contribution in [0.25, 0.3) is 0 Å². The first-order valence-electron chi connectivity index (χ1n) is 5.82. The van der Waals surface area contributed by atoms with Gasteiger partial charge in [-0.15, -0.1) is 0 Å². The van der Waals surface area contributed by atoms with Gasteiger partial charge in [0.05, 0.1) is 5.75 Å². The molecule has 3 atom stereocenters. The van der Waals surface area contributed by atoms with E-state index in [-0.39, 0.29) is 11.7 Å². The number of nitrogens with one attached hydrogen (secondary N) is 2. The molecule has 0 aromatic carbocycles. The van der Waals surface area contributed by atoms with Crippen LogP contribution in [0.15, 0.2) is 0 Å². The summed E-state index contributed by atoms with van der Waals surface area (Å²) >= 11 is 0. The minimum absolute atomic E-state index is 0.226. The second-order valence-corrected chi connectivity index (χ2v) is 6.66. The summed E-state index contributed by atoms with van der Waals surface area (Å²) in [5, 5.41) is 3.30. The Hall–Kier alpha value is -0.170.